The van der Waals surface area contributed by atoms with Crippen LogP contribution in [-0.2, 0) is 16.0 Å². The van der Waals surface area contributed by atoms with Crippen molar-refractivity contribution < 1.29 is 14.6 Å². The molecule has 1 aromatic rings. The van der Waals surface area contributed by atoms with Crippen molar-refractivity contribution in [3.63, 3.8) is 0 Å². The molecule has 1 heterocycles. The Bertz CT molecular complexity index is 396. The van der Waals surface area contributed by atoms with E-state index in [2.05, 4.69) is 4.98 Å². The monoisotopic (exact) mass is 252 g/mol. The van der Waals surface area contributed by atoms with Crippen LogP contribution in [0.4, 0.5) is 0 Å². The van der Waals surface area contributed by atoms with E-state index in [1.54, 1.807) is 13.2 Å². The lowest BCUT2D eigenvalue weighted by Crippen LogP contribution is -2.37. The van der Waals surface area contributed by atoms with E-state index in [1.807, 2.05) is 19.1 Å². The van der Waals surface area contributed by atoms with Crippen LogP contribution >= 0.6 is 0 Å². The Morgan fingerprint density at radius 3 is 2.94 bits per heavy atom. The molecule has 0 aliphatic carbocycles. The number of aliphatic hydroxyl groups is 1. The highest BCUT2D eigenvalue weighted by Crippen LogP contribution is 2.05. The third-order valence-corrected chi connectivity index (χ3v) is 2.71. The first-order valence-corrected chi connectivity index (χ1v) is 5.86. The second-order valence-corrected chi connectivity index (χ2v) is 4.33. The number of pyridine rings is 1. The zero-order chi connectivity index (χ0) is 13.5. The Kier molecular flexibility index (Phi) is 5.74. The van der Waals surface area contributed by atoms with Crippen molar-refractivity contribution in [2.75, 3.05) is 27.3 Å². The number of aromatic nitrogens is 1. The van der Waals surface area contributed by atoms with Gasteiger partial charge in [0, 0.05) is 26.9 Å². The summed E-state index contributed by atoms with van der Waals surface area (Å²) in [5.41, 5.74) is 1.77. The third-order valence-electron chi connectivity index (χ3n) is 2.71. The number of likely N-dealkylation sites (N-methyl/N-ethyl adjacent to an activating group) is 1. The number of nitrogens with zero attached hydrogens (tertiary/aromatic N) is 2. The van der Waals surface area contributed by atoms with Gasteiger partial charge in [0.2, 0.25) is 5.91 Å². The van der Waals surface area contributed by atoms with Gasteiger partial charge in [0.15, 0.2) is 0 Å². The minimum absolute atomic E-state index is 0.0630. The van der Waals surface area contributed by atoms with Crippen LogP contribution in [-0.4, -0.2) is 54.3 Å². The predicted octanol–water partition coefficient (Wildman–Crippen LogP) is 0.398. The lowest BCUT2D eigenvalue weighted by Gasteiger charge is -2.20. The van der Waals surface area contributed by atoms with Crippen molar-refractivity contribution in [3.8, 4) is 0 Å². The molecule has 1 rings (SSSR count). The van der Waals surface area contributed by atoms with E-state index in [-0.39, 0.29) is 25.5 Å². The van der Waals surface area contributed by atoms with Crippen molar-refractivity contribution in [2.24, 2.45) is 0 Å². The second kappa shape index (κ2) is 7.08. The van der Waals surface area contributed by atoms with Crippen molar-refractivity contribution in [1.29, 1.82) is 0 Å². The van der Waals surface area contributed by atoms with Gasteiger partial charge in [-0.25, -0.2) is 0 Å². The molecule has 0 radical (unpaired) electrons. The standard InChI is InChI=1S/C13H20N2O3/c1-10-5-4-6-14-12(10)7-13(17)15(2)8-11(16)9-18-3/h4-6,11,16H,7-9H2,1-3H3. The van der Waals surface area contributed by atoms with Gasteiger partial charge in [-0.1, -0.05) is 6.07 Å². The number of rotatable bonds is 6. The molecule has 0 spiro atoms. The summed E-state index contributed by atoms with van der Waals surface area (Å²) in [6, 6.07) is 3.77. The Morgan fingerprint density at radius 1 is 1.61 bits per heavy atom. The SMILES string of the molecule is COCC(O)CN(C)C(=O)Cc1ncccc1C. The average Bonchev–Trinajstić information content (AvgIpc) is 2.32. The van der Waals surface area contributed by atoms with Gasteiger partial charge in [0.1, 0.15) is 0 Å². The fourth-order valence-electron chi connectivity index (χ4n) is 1.64. The van der Waals surface area contributed by atoms with Gasteiger partial charge >= 0.3 is 0 Å². The molecule has 5 nitrogen and oxygen atoms in total. The highest BCUT2D eigenvalue weighted by molar-refractivity contribution is 5.78. The fourth-order valence-corrected chi connectivity index (χ4v) is 1.64. The van der Waals surface area contributed by atoms with Crippen LogP contribution in [0.15, 0.2) is 18.3 Å². The van der Waals surface area contributed by atoms with E-state index >= 15 is 0 Å². The molecule has 0 fully saturated rings. The molecular formula is C13H20N2O3. The molecule has 1 aromatic heterocycles. The predicted molar refractivity (Wildman–Crippen MR) is 68.2 cm³/mol. The van der Waals surface area contributed by atoms with Gasteiger partial charge in [-0.2, -0.15) is 0 Å². The number of aliphatic hydroxyl groups excluding tert-OH is 1. The van der Waals surface area contributed by atoms with Crippen molar-refractivity contribution in [2.45, 2.75) is 19.4 Å². The molecule has 0 bridgehead atoms. The number of carbonyl (C=O) groups is 1. The largest absolute Gasteiger partial charge is 0.389 e. The fraction of sp³-hybridized carbons (Fsp3) is 0.538. The van der Waals surface area contributed by atoms with Gasteiger partial charge in [-0.3, -0.25) is 9.78 Å². The van der Waals surface area contributed by atoms with Crippen LogP contribution in [0.3, 0.4) is 0 Å². The number of amides is 1. The normalized spacial score (nSPS) is 12.2. The first-order valence-electron chi connectivity index (χ1n) is 5.86. The zero-order valence-corrected chi connectivity index (χ0v) is 11.1. The summed E-state index contributed by atoms with van der Waals surface area (Å²) in [4.78, 5) is 17.6. The van der Waals surface area contributed by atoms with Gasteiger partial charge in [-0.15, -0.1) is 0 Å². The quantitative estimate of drug-likeness (QED) is 0.796. The molecule has 1 amide bonds. The van der Waals surface area contributed by atoms with E-state index < -0.39 is 6.10 Å². The van der Waals surface area contributed by atoms with Crippen molar-refractivity contribution in [3.05, 3.63) is 29.6 Å². The molecule has 100 valence electrons. The Labute approximate surface area is 107 Å². The lowest BCUT2D eigenvalue weighted by molar-refractivity contribution is -0.130. The van der Waals surface area contributed by atoms with Crippen LogP contribution in [0.25, 0.3) is 0 Å². The topological polar surface area (TPSA) is 62.7 Å². The van der Waals surface area contributed by atoms with Crippen molar-refractivity contribution in [1.82, 2.24) is 9.88 Å². The maximum Gasteiger partial charge on any atom is 0.228 e. The summed E-state index contributed by atoms with van der Waals surface area (Å²) in [6.45, 7) is 2.41. The summed E-state index contributed by atoms with van der Waals surface area (Å²) in [5.74, 6) is -0.0630. The number of hydrogen-bond acceptors (Lipinski definition) is 4. The van der Waals surface area contributed by atoms with E-state index in [0.29, 0.717) is 0 Å². The van der Waals surface area contributed by atoms with E-state index in [0.717, 1.165) is 11.3 Å². The van der Waals surface area contributed by atoms with E-state index in [4.69, 9.17) is 4.74 Å². The van der Waals surface area contributed by atoms with Crippen LogP contribution in [0.2, 0.25) is 0 Å². The number of ether oxygens (including phenoxy) is 1. The molecule has 5 heteroatoms. The van der Waals surface area contributed by atoms with E-state index in [1.165, 1.54) is 12.0 Å². The van der Waals surface area contributed by atoms with Crippen LogP contribution in [0.5, 0.6) is 0 Å². The van der Waals surface area contributed by atoms with E-state index in [9.17, 15) is 9.90 Å². The van der Waals surface area contributed by atoms with Gasteiger partial charge in [-0.05, 0) is 18.6 Å². The molecule has 1 atom stereocenters. The Balaban J connectivity index is 2.52. The first kappa shape index (κ1) is 14.6. The highest BCUT2D eigenvalue weighted by Gasteiger charge is 2.15. The third kappa shape index (κ3) is 4.43. The Hall–Kier alpha value is -1.46. The summed E-state index contributed by atoms with van der Waals surface area (Å²) in [5, 5.41) is 9.55. The lowest BCUT2D eigenvalue weighted by atomic mass is 10.1. The zero-order valence-electron chi connectivity index (χ0n) is 11.1. The molecular weight excluding hydrogens is 232 g/mol. The van der Waals surface area contributed by atoms with Crippen LogP contribution in [0.1, 0.15) is 11.3 Å². The first-order chi connectivity index (χ1) is 8.54. The second-order valence-electron chi connectivity index (χ2n) is 4.33. The maximum absolute atomic E-state index is 11.9. The summed E-state index contributed by atoms with van der Waals surface area (Å²) in [6.07, 6.45) is 1.27. The Morgan fingerprint density at radius 2 is 2.33 bits per heavy atom. The van der Waals surface area contributed by atoms with Crippen LogP contribution < -0.4 is 0 Å². The molecule has 0 saturated carbocycles. The van der Waals surface area contributed by atoms with Gasteiger partial charge in [0.25, 0.3) is 0 Å². The molecule has 1 N–H and O–H groups in total. The molecule has 18 heavy (non-hydrogen) atoms. The number of methoxy groups -OCH3 is 1. The van der Waals surface area contributed by atoms with Gasteiger partial charge < -0.3 is 14.7 Å². The minimum atomic E-state index is -0.659. The van der Waals surface area contributed by atoms with Crippen molar-refractivity contribution >= 4 is 5.91 Å². The summed E-state index contributed by atoms with van der Waals surface area (Å²) >= 11 is 0. The number of aryl methyl sites for hydroxylation is 1. The van der Waals surface area contributed by atoms with Gasteiger partial charge in [0.05, 0.1) is 24.8 Å². The molecule has 0 saturated heterocycles. The average molecular weight is 252 g/mol. The molecule has 0 aliphatic rings. The summed E-state index contributed by atoms with van der Waals surface area (Å²) in [7, 11) is 3.18. The maximum atomic E-state index is 11.9. The number of hydrogen-bond donors (Lipinski definition) is 1. The number of carbonyl (C=O) groups excluding carboxylic acids is 1. The minimum Gasteiger partial charge on any atom is -0.389 e. The summed E-state index contributed by atoms with van der Waals surface area (Å²) < 4.78 is 4.82. The molecule has 0 aliphatic heterocycles. The highest BCUT2D eigenvalue weighted by atomic mass is 16.5. The molecule has 0 aromatic carbocycles. The smallest absolute Gasteiger partial charge is 0.228 e. The molecule has 1 unspecified atom stereocenters. The van der Waals surface area contributed by atoms with Crippen LogP contribution in [0, 0.1) is 6.92 Å².